The van der Waals surface area contributed by atoms with Gasteiger partial charge in [-0.25, -0.2) is 0 Å². The fourth-order valence-electron chi connectivity index (χ4n) is 4.00. The van der Waals surface area contributed by atoms with Crippen LogP contribution in [0.15, 0.2) is 30.4 Å². The quantitative estimate of drug-likeness (QED) is 0.386. The molecule has 2 rings (SSSR count). The van der Waals surface area contributed by atoms with Crippen LogP contribution in [0.25, 0.3) is 0 Å². The molecule has 0 saturated heterocycles. The van der Waals surface area contributed by atoms with Gasteiger partial charge in [0.05, 0.1) is 18.2 Å². The minimum atomic E-state index is -0.0807. The Kier molecular flexibility index (Phi) is 9.68. The average molecular weight is 402 g/mol. The van der Waals surface area contributed by atoms with E-state index in [0.717, 1.165) is 38.8 Å². The third-order valence-electron chi connectivity index (χ3n) is 5.68. The van der Waals surface area contributed by atoms with E-state index in [0.29, 0.717) is 0 Å². The van der Waals surface area contributed by atoms with Gasteiger partial charge < -0.3 is 20.7 Å². The predicted molar refractivity (Wildman–Crippen MR) is 121 cm³/mol. The Morgan fingerprint density at radius 3 is 2.48 bits per heavy atom. The molecule has 5 nitrogen and oxygen atoms in total. The number of carbonyl (C=O) groups excluding carboxylic acids is 1. The lowest BCUT2D eigenvalue weighted by molar-refractivity contribution is -0.121. The number of aryl methyl sites for hydroxylation is 2. The van der Waals surface area contributed by atoms with E-state index in [-0.39, 0.29) is 30.2 Å². The third-order valence-corrected chi connectivity index (χ3v) is 5.68. The molecule has 0 spiro atoms. The Morgan fingerprint density at radius 1 is 1.17 bits per heavy atom. The molecule has 0 radical (unpaired) electrons. The van der Waals surface area contributed by atoms with Gasteiger partial charge in [0.15, 0.2) is 0 Å². The summed E-state index contributed by atoms with van der Waals surface area (Å²) in [5.41, 5.74) is 3.80. The van der Waals surface area contributed by atoms with Crippen LogP contribution in [0.2, 0.25) is 0 Å². The number of hydrogen-bond acceptors (Lipinski definition) is 4. The van der Waals surface area contributed by atoms with E-state index < -0.39 is 0 Å². The van der Waals surface area contributed by atoms with Gasteiger partial charge in [0.1, 0.15) is 0 Å². The molecule has 29 heavy (non-hydrogen) atoms. The first-order valence-electron chi connectivity index (χ1n) is 11.1. The Balaban J connectivity index is 1.87. The standard InChI is InChI=1S/C24H39N3O2/c1-6-20(7-2)29-22-14-9-13-21(24(22)27-19(5)28)25-15-10-16-26-23-17(3)11-8-12-18(23)4/h8-9,11-12,14,20-22,24-26H,6-7,10,13,15-16H2,1-5H3,(H,27,28)/t21-,22+,24+/m0/s1. The van der Waals surface area contributed by atoms with E-state index >= 15 is 0 Å². The van der Waals surface area contributed by atoms with Gasteiger partial charge in [-0.3, -0.25) is 4.79 Å². The van der Waals surface area contributed by atoms with Crippen molar-refractivity contribution in [1.29, 1.82) is 0 Å². The molecule has 1 aromatic rings. The molecule has 0 fully saturated rings. The van der Waals surface area contributed by atoms with Crippen LogP contribution in [-0.4, -0.2) is 43.3 Å². The number of anilines is 1. The molecule has 1 aliphatic carbocycles. The molecule has 5 heteroatoms. The zero-order valence-electron chi connectivity index (χ0n) is 18.8. The molecule has 1 amide bonds. The predicted octanol–water partition coefficient (Wildman–Crippen LogP) is 4.10. The number of rotatable bonds is 11. The minimum Gasteiger partial charge on any atom is -0.385 e. The van der Waals surface area contributed by atoms with Crippen molar-refractivity contribution in [2.75, 3.05) is 18.4 Å². The van der Waals surface area contributed by atoms with Crippen LogP contribution in [0.1, 0.15) is 57.6 Å². The maximum absolute atomic E-state index is 11.8. The molecular formula is C24H39N3O2. The van der Waals surface area contributed by atoms with Crippen molar-refractivity contribution >= 4 is 11.6 Å². The van der Waals surface area contributed by atoms with Crippen molar-refractivity contribution in [2.45, 2.75) is 84.6 Å². The normalized spacial score (nSPS) is 21.4. The monoisotopic (exact) mass is 401 g/mol. The van der Waals surface area contributed by atoms with E-state index in [1.54, 1.807) is 6.92 Å². The van der Waals surface area contributed by atoms with E-state index in [1.807, 2.05) is 0 Å². The van der Waals surface area contributed by atoms with Gasteiger partial charge in [-0.05, 0) is 57.2 Å². The van der Waals surface area contributed by atoms with Crippen molar-refractivity contribution in [1.82, 2.24) is 10.6 Å². The van der Waals surface area contributed by atoms with Gasteiger partial charge in [-0.1, -0.05) is 44.2 Å². The highest BCUT2D eigenvalue weighted by Crippen LogP contribution is 2.21. The van der Waals surface area contributed by atoms with Crippen LogP contribution < -0.4 is 16.0 Å². The van der Waals surface area contributed by atoms with E-state index in [4.69, 9.17) is 4.74 Å². The molecule has 0 aliphatic heterocycles. The first-order valence-corrected chi connectivity index (χ1v) is 11.1. The minimum absolute atomic E-state index is 0.00746. The SMILES string of the molecule is CCC(CC)O[C@@H]1C=CC[C@H](NCCCNc2c(C)cccc2C)[C@H]1NC(C)=O. The molecule has 3 atom stereocenters. The number of amides is 1. The summed E-state index contributed by atoms with van der Waals surface area (Å²) in [6.07, 6.45) is 8.31. The molecule has 0 aromatic heterocycles. The summed E-state index contributed by atoms with van der Waals surface area (Å²) < 4.78 is 6.29. The van der Waals surface area contributed by atoms with Crippen LogP contribution in [0.3, 0.4) is 0 Å². The van der Waals surface area contributed by atoms with E-state index in [1.165, 1.54) is 16.8 Å². The van der Waals surface area contributed by atoms with Crippen LogP contribution >= 0.6 is 0 Å². The zero-order valence-corrected chi connectivity index (χ0v) is 18.8. The number of carbonyl (C=O) groups is 1. The average Bonchev–Trinajstić information content (AvgIpc) is 2.69. The smallest absolute Gasteiger partial charge is 0.217 e. The molecule has 1 aliphatic rings. The number of hydrogen-bond donors (Lipinski definition) is 3. The summed E-state index contributed by atoms with van der Waals surface area (Å²) in [6, 6.07) is 6.52. The summed E-state index contributed by atoms with van der Waals surface area (Å²) in [5, 5.41) is 10.3. The van der Waals surface area contributed by atoms with E-state index in [2.05, 4.69) is 74.0 Å². The molecule has 3 N–H and O–H groups in total. The Labute approximate surface area is 176 Å². The Morgan fingerprint density at radius 2 is 1.86 bits per heavy atom. The van der Waals surface area contributed by atoms with Crippen LogP contribution in [0, 0.1) is 13.8 Å². The Hall–Kier alpha value is -1.85. The van der Waals surface area contributed by atoms with Gasteiger partial charge >= 0.3 is 0 Å². The first kappa shape index (κ1) is 23.4. The largest absolute Gasteiger partial charge is 0.385 e. The lowest BCUT2D eigenvalue weighted by Gasteiger charge is -2.37. The Bertz CT molecular complexity index is 650. The molecule has 0 saturated carbocycles. The molecule has 1 aromatic carbocycles. The molecule has 0 bridgehead atoms. The second-order valence-corrected chi connectivity index (χ2v) is 8.04. The maximum atomic E-state index is 11.8. The molecular weight excluding hydrogens is 362 g/mol. The second-order valence-electron chi connectivity index (χ2n) is 8.04. The van der Waals surface area contributed by atoms with Crippen LogP contribution in [0.5, 0.6) is 0 Å². The fourth-order valence-corrected chi connectivity index (χ4v) is 4.00. The summed E-state index contributed by atoms with van der Waals surface area (Å²) in [4.78, 5) is 11.8. The van der Waals surface area contributed by atoms with Gasteiger partial charge in [-0.15, -0.1) is 0 Å². The number of para-hydroxylation sites is 1. The van der Waals surface area contributed by atoms with Gasteiger partial charge in [0, 0.05) is 25.2 Å². The number of nitrogens with one attached hydrogen (secondary N) is 3. The molecule has 162 valence electrons. The number of ether oxygens (including phenoxy) is 1. The van der Waals surface area contributed by atoms with Crippen LogP contribution in [-0.2, 0) is 9.53 Å². The third kappa shape index (κ3) is 7.16. The number of benzene rings is 1. The fraction of sp³-hybridized carbons (Fsp3) is 0.625. The maximum Gasteiger partial charge on any atom is 0.217 e. The highest BCUT2D eigenvalue weighted by Gasteiger charge is 2.32. The van der Waals surface area contributed by atoms with Crippen LogP contribution in [0.4, 0.5) is 5.69 Å². The lowest BCUT2D eigenvalue weighted by Crippen LogP contribution is -2.57. The van der Waals surface area contributed by atoms with Gasteiger partial charge in [0.2, 0.25) is 5.91 Å². The summed E-state index contributed by atoms with van der Waals surface area (Å²) in [7, 11) is 0. The molecule has 0 unspecified atom stereocenters. The molecule has 0 heterocycles. The van der Waals surface area contributed by atoms with Crippen molar-refractivity contribution in [2.24, 2.45) is 0 Å². The van der Waals surface area contributed by atoms with Crippen molar-refractivity contribution in [3.05, 3.63) is 41.5 Å². The summed E-state index contributed by atoms with van der Waals surface area (Å²) in [5.74, 6) is -0.00746. The van der Waals surface area contributed by atoms with Crippen molar-refractivity contribution in [3.8, 4) is 0 Å². The van der Waals surface area contributed by atoms with Crippen molar-refractivity contribution < 1.29 is 9.53 Å². The lowest BCUT2D eigenvalue weighted by atomic mass is 9.92. The van der Waals surface area contributed by atoms with Crippen molar-refractivity contribution in [3.63, 3.8) is 0 Å². The van der Waals surface area contributed by atoms with Gasteiger partial charge in [0.25, 0.3) is 0 Å². The van der Waals surface area contributed by atoms with Gasteiger partial charge in [-0.2, -0.15) is 0 Å². The summed E-state index contributed by atoms with van der Waals surface area (Å²) in [6.45, 7) is 12.0. The topological polar surface area (TPSA) is 62.4 Å². The zero-order chi connectivity index (χ0) is 21.2. The highest BCUT2D eigenvalue weighted by molar-refractivity contribution is 5.73. The van der Waals surface area contributed by atoms with E-state index in [9.17, 15) is 4.79 Å². The first-order chi connectivity index (χ1) is 14.0. The second kappa shape index (κ2) is 12.0. The summed E-state index contributed by atoms with van der Waals surface area (Å²) >= 11 is 0. The highest BCUT2D eigenvalue weighted by atomic mass is 16.5.